The summed E-state index contributed by atoms with van der Waals surface area (Å²) in [6.45, 7) is -0.237. The van der Waals surface area contributed by atoms with Gasteiger partial charge in [-0.15, -0.1) is 0 Å². The van der Waals surface area contributed by atoms with E-state index in [0.29, 0.717) is 0 Å². The summed E-state index contributed by atoms with van der Waals surface area (Å²) in [6, 6.07) is 0. The lowest BCUT2D eigenvalue weighted by molar-refractivity contribution is 0.318. The molecule has 0 saturated heterocycles. The number of aliphatic hydroxyl groups excluding tert-OH is 1. The molecule has 0 radical (unpaired) electrons. The molecule has 0 unspecified atom stereocenters. The second-order valence-electron chi connectivity index (χ2n) is 2.64. The van der Waals surface area contributed by atoms with Crippen molar-refractivity contribution in [1.29, 1.82) is 0 Å². The Bertz CT molecular complexity index is 191. The lowest BCUT2D eigenvalue weighted by atomic mass is 10.0. The minimum atomic E-state index is -2.92. The standard InChI is InChI=1S/C6H12O3S/c7-4-5-10(8,9)6-2-1-3-6/h6-7H,1-5H2. The van der Waals surface area contributed by atoms with Gasteiger partial charge in [0.15, 0.2) is 9.84 Å². The van der Waals surface area contributed by atoms with E-state index in [4.69, 9.17) is 5.11 Å². The summed E-state index contributed by atoms with van der Waals surface area (Å²) in [7, 11) is -2.92. The molecule has 4 heteroatoms. The Morgan fingerprint density at radius 3 is 2.30 bits per heavy atom. The smallest absolute Gasteiger partial charge is 0.155 e. The summed E-state index contributed by atoms with van der Waals surface area (Å²) < 4.78 is 22.1. The van der Waals surface area contributed by atoms with Crippen molar-refractivity contribution < 1.29 is 13.5 Å². The van der Waals surface area contributed by atoms with Crippen LogP contribution in [-0.2, 0) is 9.84 Å². The van der Waals surface area contributed by atoms with Gasteiger partial charge in [-0.3, -0.25) is 0 Å². The van der Waals surface area contributed by atoms with Crippen LogP contribution in [0.5, 0.6) is 0 Å². The molecule has 0 bridgehead atoms. The van der Waals surface area contributed by atoms with Gasteiger partial charge >= 0.3 is 0 Å². The predicted molar refractivity (Wildman–Crippen MR) is 38.5 cm³/mol. The highest BCUT2D eigenvalue weighted by molar-refractivity contribution is 7.92. The van der Waals surface area contributed by atoms with Gasteiger partial charge in [0.05, 0.1) is 17.6 Å². The van der Waals surface area contributed by atoms with Gasteiger partial charge in [0.2, 0.25) is 0 Å². The molecule has 1 aliphatic carbocycles. The highest BCUT2D eigenvalue weighted by Crippen LogP contribution is 2.26. The van der Waals surface area contributed by atoms with E-state index in [1.165, 1.54) is 0 Å². The molecule has 3 nitrogen and oxygen atoms in total. The van der Waals surface area contributed by atoms with Crippen LogP contribution in [-0.4, -0.2) is 31.1 Å². The highest BCUT2D eigenvalue weighted by atomic mass is 32.2. The zero-order valence-electron chi connectivity index (χ0n) is 5.78. The van der Waals surface area contributed by atoms with Gasteiger partial charge in [0.1, 0.15) is 0 Å². The topological polar surface area (TPSA) is 54.4 Å². The van der Waals surface area contributed by atoms with Crippen molar-refractivity contribution in [3.05, 3.63) is 0 Å². The van der Waals surface area contributed by atoms with E-state index in [9.17, 15) is 8.42 Å². The molecule has 1 aliphatic rings. The molecule has 0 amide bonds. The maximum absolute atomic E-state index is 11.1. The maximum atomic E-state index is 11.1. The van der Waals surface area contributed by atoms with E-state index < -0.39 is 9.84 Å². The minimum Gasteiger partial charge on any atom is -0.395 e. The first-order valence-electron chi connectivity index (χ1n) is 3.49. The fourth-order valence-corrected chi connectivity index (χ4v) is 2.66. The molecule has 60 valence electrons. The molecule has 1 N–H and O–H groups in total. The zero-order chi connectivity index (χ0) is 7.61. The quantitative estimate of drug-likeness (QED) is 0.636. The van der Waals surface area contributed by atoms with Crippen LogP contribution in [0.4, 0.5) is 0 Å². The van der Waals surface area contributed by atoms with E-state index in [0.717, 1.165) is 19.3 Å². The first kappa shape index (κ1) is 8.01. The fourth-order valence-electron chi connectivity index (χ4n) is 1.02. The summed E-state index contributed by atoms with van der Waals surface area (Å²) in [5.74, 6) is -0.0579. The molecular weight excluding hydrogens is 152 g/mol. The predicted octanol–water partition coefficient (Wildman–Crippen LogP) is -0.0540. The Morgan fingerprint density at radius 2 is 2.00 bits per heavy atom. The average Bonchev–Trinajstić information content (AvgIpc) is 1.56. The number of sulfone groups is 1. The van der Waals surface area contributed by atoms with E-state index >= 15 is 0 Å². The number of rotatable bonds is 3. The van der Waals surface area contributed by atoms with E-state index in [1.807, 2.05) is 0 Å². The lowest BCUT2D eigenvalue weighted by Crippen LogP contribution is -2.31. The zero-order valence-corrected chi connectivity index (χ0v) is 6.60. The summed E-state index contributed by atoms with van der Waals surface area (Å²) in [6.07, 6.45) is 2.61. The summed E-state index contributed by atoms with van der Waals surface area (Å²) in [4.78, 5) is 0. The van der Waals surface area contributed by atoms with Gasteiger partial charge in [0, 0.05) is 0 Å². The van der Waals surface area contributed by atoms with E-state index in [1.54, 1.807) is 0 Å². The summed E-state index contributed by atoms with van der Waals surface area (Å²) in [5, 5.41) is 8.25. The Labute approximate surface area is 61.0 Å². The third kappa shape index (κ3) is 1.49. The van der Waals surface area contributed by atoms with Gasteiger partial charge < -0.3 is 5.11 Å². The van der Waals surface area contributed by atoms with Gasteiger partial charge in [-0.25, -0.2) is 8.42 Å². The largest absolute Gasteiger partial charge is 0.395 e. The normalized spacial score (nSPS) is 20.5. The Morgan fingerprint density at radius 1 is 1.40 bits per heavy atom. The monoisotopic (exact) mass is 164 g/mol. The molecule has 10 heavy (non-hydrogen) atoms. The Hall–Kier alpha value is -0.0900. The SMILES string of the molecule is O=S(=O)(CCO)C1CCC1. The van der Waals surface area contributed by atoms with Crippen molar-refractivity contribution in [3.8, 4) is 0 Å². The molecule has 0 aliphatic heterocycles. The van der Waals surface area contributed by atoms with Crippen molar-refractivity contribution in [3.63, 3.8) is 0 Å². The summed E-state index contributed by atoms with van der Waals surface area (Å²) in [5.41, 5.74) is 0. The number of hydrogen-bond acceptors (Lipinski definition) is 3. The van der Waals surface area contributed by atoms with Gasteiger partial charge in [-0.2, -0.15) is 0 Å². The minimum absolute atomic E-state index is 0.0579. The van der Waals surface area contributed by atoms with Crippen LogP contribution >= 0.6 is 0 Å². The van der Waals surface area contributed by atoms with Crippen LogP contribution in [0, 0.1) is 0 Å². The fraction of sp³-hybridized carbons (Fsp3) is 1.00. The molecule has 0 aromatic rings. The highest BCUT2D eigenvalue weighted by Gasteiger charge is 2.30. The molecule has 1 rings (SSSR count). The van der Waals surface area contributed by atoms with Crippen LogP contribution in [0.25, 0.3) is 0 Å². The van der Waals surface area contributed by atoms with E-state index in [-0.39, 0.29) is 17.6 Å². The third-order valence-electron chi connectivity index (χ3n) is 1.94. The van der Waals surface area contributed by atoms with Gasteiger partial charge in [-0.05, 0) is 12.8 Å². The first-order chi connectivity index (χ1) is 4.67. The van der Waals surface area contributed by atoms with Gasteiger partial charge in [0.25, 0.3) is 0 Å². The Kier molecular flexibility index (Phi) is 2.31. The van der Waals surface area contributed by atoms with Crippen molar-refractivity contribution in [1.82, 2.24) is 0 Å². The second kappa shape index (κ2) is 2.88. The maximum Gasteiger partial charge on any atom is 0.155 e. The van der Waals surface area contributed by atoms with Crippen LogP contribution in [0.15, 0.2) is 0 Å². The number of aliphatic hydroxyl groups is 1. The van der Waals surface area contributed by atoms with Crippen LogP contribution in [0.3, 0.4) is 0 Å². The Balaban J connectivity index is 2.50. The molecule has 1 fully saturated rings. The second-order valence-corrected chi connectivity index (χ2v) is 5.04. The lowest BCUT2D eigenvalue weighted by Gasteiger charge is -2.24. The molecule has 0 aromatic heterocycles. The molecule has 0 heterocycles. The van der Waals surface area contributed by atoms with Crippen molar-refractivity contribution in [2.45, 2.75) is 24.5 Å². The third-order valence-corrected chi connectivity index (χ3v) is 4.17. The van der Waals surface area contributed by atoms with Crippen LogP contribution < -0.4 is 0 Å². The molecule has 0 aromatic carbocycles. The molecule has 0 atom stereocenters. The van der Waals surface area contributed by atoms with Gasteiger partial charge in [-0.1, -0.05) is 6.42 Å². The average molecular weight is 164 g/mol. The molecular formula is C6H12O3S. The van der Waals surface area contributed by atoms with Crippen LogP contribution in [0.2, 0.25) is 0 Å². The van der Waals surface area contributed by atoms with Crippen molar-refractivity contribution >= 4 is 9.84 Å². The molecule has 0 spiro atoms. The van der Waals surface area contributed by atoms with Crippen LogP contribution in [0.1, 0.15) is 19.3 Å². The number of hydrogen-bond donors (Lipinski definition) is 1. The van der Waals surface area contributed by atoms with E-state index in [2.05, 4.69) is 0 Å². The van der Waals surface area contributed by atoms with Crippen molar-refractivity contribution in [2.24, 2.45) is 0 Å². The first-order valence-corrected chi connectivity index (χ1v) is 5.21. The summed E-state index contributed by atoms with van der Waals surface area (Å²) >= 11 is 0. The van der Waals surface area contributed by atoms with Crippen molar-refractivity contribution in [2.75, 3.05) is 12.4 Å². The molecule has 1 saturated carbocycles.